The van der Waals surface area contributed by atoms with Crippen molar-refractivity contribution in [1.29, 1.82) is 0 Å². The molecule has 28 heavy (non-hydrogen) atoms. The Hall–Kier alpha value is -1.84. The average Bonchev–Trinajstić information content (AvgIpc) is 2.74. The predicted molar refractivity (Wildman–Crippen MR) is 118 cm³/mol. The molecular formula is C24H24Cl2N2. The Morgan fingerprint density at radius 1 is 0.643 bits per heavy atom. The first-order valence-corrected chi connectivity index (χ1v) is 10.5. The lowest BCUT2D eigenvalue weighted by molar-refractivity contribution is 0.105. The third kappa shape index (κ3) is 4.42. The predicted octanol–water partition coefficient (Wildman–Crippen LogP) is 5.90. The topological polar surface area (TPSA) is 6.48 Å². The molecule has 0 bridgehead atoms. The van der Waals surface area contributed by atoms with E-state index < -0.39 is 0 Å². The second-order valence-corrected chi connectivity index (χ2v) is 8.05. The number of halogens is 2. The van der Waals surface area contributed by atoms with Crippen LogP contribution in [-0.2, 0) is 6.54 Å². The SMILES string of the molecule is Clc1cccc(Cl)c1CN1CCN(C(c2ccccc2)c2ccccc2)CC1. The smallest absolute Gasteiger partial charge is 0.0602 e. The van der Waals surface area contributed by atoms with Gasteiger partial charge in [0.25, 0.3) is 0 Å². The molecule has 3 aromatic carbocycles. The van der Waals surface area contributed by atoms with E-state index in [1.54, 1.807) is 0 Å². The molecule has 0 aromatic heterocycles. The standard InChI is InChI=1S/C24H24Cl2N2/c25-22-12-7-13-23(26)21(22)18-27-14-16-28(17-15-27)24(19-8-3-1-4-9-19)20-10-5-2-6-11-20/h1-13,24H,14-18H2. The summed E-state index contributed by atoms with van der Waals surface area (Å²) in [6.45, 7) is 4.82. The van der Waals surface area contributed by atoms with Gasteiger partial charge in [0.05, 0.1) is 6.04 Å². The summed E-state index contributed by atoms with van der Waals surface area (Å²) in [5.41, 5.74) is 3.72. The zero-order chi connectivity index (χ0) is 19.3. The van der Waals surface area contributed by atoms with Crippen molar-refractivity contribution in [2.45, 2.75) is 12.6 Å². The molecule has 144 valence electrons. The minimum atomic E-state index is 0.286. The molecule has 0 unspecified atom stereocenters. The van der Waals surface area contributed by atoms with Crippen molar-refractivity contribution < 1.29 is 0 Å². The summed E-state index contributed by atoms with van der Waals surface area (Å²) in [5, 5.41) is 1.50. The van der Waals surface area contributed by atoms with Gasteiger partial charge in [0.15, 0.2) is 0 Å². The van der Waals surface area contributed by atoms with E-state index in [-0.39, 0.29) is 6.04 Å². The van der Waals surface area contributed by atoms with Crippen molar-refractivity contribution in [1.82, 2.24) is 9.80 Å². The largest absolute Gasteiger partial charge is 0.296 e. The van der Waals surface area contributed by atoms with E-state index in [0.717, 1.165) is 48.3 Å². The maximum atomic E-state index is 6.37. The summed E-state index contributed by atoms with van der Waals surface area (Å²) in [6.07, 6.45) is 0. The van der Waals surface area contributed by atoms with Crippen molar-refractivity contribution in [3.8, 4) is 0 Å². The second kappa shape index (κ2) is 9.11. The van der Waals surface area contributed by atoms with E-state index in [1.165, 1.54) is 11.1 Å². The molecule has 4 rings (SSSR count). The number of hydrogen-bond donors (Lipinski definition) is 0. The molecule has 1 heterocycles. The molecule has 1 aliphatic rings. The Morgan fingerprint density at radius 2 is 1.14 bits per heavy atom. The molecule has 4 heteroatoms. The first-order chi connectivity index (χ1) is 13.7. The van der Waals surface area contributed by atoms with Crippen LogP contribution in [0.25, 0.3) is 0 Å². The highest BCUT2D eigenvalue weighted by atomic mass is 35.5. The third-order valence-corrected chi connectivity index (χ3v) is 6.15. The lowest BCUT2D eigenvalue weighted by atomic mass is 9.96. The van der Waals surface area contributed by atoms with Gasteiger partial charge in [-0.05, 0) is 23.3 Å². The summed E-state index contributed by atoms with van der Waals surface area (Å²) >= 11 is 12.7. The van der Waals surface area contributed by atoms with Crippen molar-refractivity contribution in [3.05, 3.63) is 106 Å². The zero-order valence-corrected chi connectivity index (χ0v) is 17.3. The highest BCUT2D eigenvalue weighted by Crippen LogP contribution is 2.31. The van der Waals surface area contributed by atoms with Crippen molar-refractivity contribution in [3.63, 3.8) is 0 Å². The fourth-order valence-corrected chi connectivity index (χ4v) is 4.49. The van der Waals surface area contributed by atoms with Gasteiger partial charge in [0.1, 0.15) is 0 Å². The van der Waals surface area contributed by atoms with Crippen LogP contribution >= 0.6 is 23.2 Å². The van der Waals surface area contributed by atoms with Crippen molar-refractivity contribution in [2.24, 2.45) is 0 Å². The van der Waals surface area contributed by atoms with Gasteiger partial charge in [0, 0.05) is 48.3 Å². The Bertz CT molecular complexity index is 831. The van der Waals surface area contributed by atoms with Crippen LogP contribution in [0.4, 0.5) is 0 Å². The molecule has 0 saturated carbocycles. The first kappa shape index (κ1) is 19.5. The van der Waals surface area contributed by atoms with Crippen LogP contribution in [0.2, 0.25) is 10.0 Å². The monoisotopic (exact) mass is 410 g/mol. The third-order valence-electron chi connectivity index (χ3n) is 5.45. The molecule has 0 amide bonds. The molecule has 1 aliphatic heterocycles. The molecule has 2 nitrogen and oxygen atoms in total. The van der Waals surface area contributed by atoms with E-state index in [1.807, 2.05) is 18.2 Å². The van der Waals surface area contributed by atoms with Gasteiger partial charge in [-0.15, -0.1) is 0 Å². The fraction of sp³-hybridized carbons (Fsp3) is 0.250. The molecule has 0 spiro atoms. The van der Waals surface area contributed by atoms with E-state index >= 15 is 0 Å². The lowest BCUT2D eigenvalue weighted by Crippen LogP contribution is -2.47. The van der Waals surface area contributed by atoms with Crippen LogP contribution in [0.5, 0.6) is 0 Å². The average molecular weight is 411 g/mol. The van der Waals surface area contributed by atoms with Crippen LogP contribution in [-0.4, -0.2) is 36.0 Å². The summed E-state index contributed by atoms with van der Waals surface area (Å²) in [5.74, 6) is 0. The number of rotatable bonds is 5. The quantitative estimate of drug-likeness (QED) is 0.516. The molecule has 0 atom stereocenters. The van der Waals surface area contributed by atoms with Gasteiger partial charge in [-0.25, -0.2) is 0 Å². The Morgan fingerprint density at radius 3 is 1.64 bits per heavy atom. The molecule has 0 radical (unpaired) electrons. The van der Waals surface area contributed by atoms with Crippen LogP contribution < -0.4 is 0 Å². The minimum Gasteiger partial charge on any atom is -0.296 e. The van der Waals surface area contributed by atoms with E-state index in [4.69, 9.17) is 23.2 Å². The Balaban J connectivity index is 1.49. The maximum absolute atomic E-state index is 6.37. The van der Waals surface area contributed by atoms with Gasteiger partial charge in [0.2, 0.25) is 0 Å². The van der Waals surface area contributed by atoms with Gasteiger partial charge in [-0.2, -0.15) is 0 Å². The van der Waals surface area contributed by atoms with Gasteiger partial charge >= 0.3 is 0 Å². The first-order valence-electron chi connectivity index (χ1n) is 9.71. The van der Waals surface area contributed by atoms with Gasteiger partial charge in [-0.3, -0.25) is 9.80 Å². The Kier molecular flexibility index (Phi) is 6.33. The molecule has 0 aliphatic carbocycles. The second-order valence-electron chi connectivity index (χ2n) is 7.24. The number of benzene rings is 3. The van der Waals surface area contributed by atoms with Gasteiger partial charge in [-0.1, -0.05) is 89.9 Å². The molecular weight excluding hydrogens is 387 g/mol. The summed E-state index contributed by atoms with van der Waals surface area (Å²) in [7, 11) is 0. The van der Waals surface area contributed by atoms with Crippen LogP contribution in [0.15, 0.2) is 78.9 Å². The van der Waals surface area contributed by atoms with E-state index in [2.05, 4.69) is 70.5 Å². The number of nitrogens with zero attached hydrogens (tertiary/aromatic N) is 2. The molecule has 3 aromatic rings. The van der Waals surface area contributed by atoms with Crippen LogP contribution in [0, 0.1) is 0 Å². The summed E-state index contributed by atoms with van der Waals surface area (Å²) in [6, 6.07) is 27.6. The van der Waals surface area contributed by atoms with Gasteiger partial charge < -0.3 is 0 Å². The lowest BCUT2D eigenvalue weighted by Gasteiger charge is -2.40. The normalized spacial score (nSPS) is 15.8. The highest BCUT2D eigenvalue weighted by Gasteiger charge is 2.26. The molecule has 1 fully saturated rings. The van der Waals surface area contributed by atoms with Crippen molar-refractivity contribution in [2.75, 3.05) is 26.2 Å². The van der Waals surface area contributed by atoms with Crippen LogP contribution in [0.1, 0.15) is 22.7 Å². The minimum absolute atomic E-state index is 0.286. The number of piperazine rings is 1. The number of hydrogen-bond acceptors (Lipinski definition) is 2. The van der Waals surface area contributed by atoms with E-state index in [9.17, 15) is 0 Å². The maximum Gasteiger partial charge on any atom is 0.0602 e. The fourth-order valence-electron chi connectivity index (χ4n) is 3.97. The molecule has 0 N–H and O–H groups in total. The van der Waals surface area contributed by atoms with Crippen LogP contribution in [0.3, 0.4) is 0 Å². The zero-order valence-electron chi connectivity index (χ0n) is 15.8. The summed E-state index contributed by atoms with van der Waals surface area (Å²) < 4.78 is 0. The van der Waals surface area contributed by atoms with E-state index in [0.29, 0.717) is 0 Å². The highest BCUT2D eigenvalue weighted by molar-refractivity contribution is 6.35. The molecule has 1 saturated heterocycles. The summed E-state index contributed by atoms with van der Waals surface area (Å²) in [4.78, 5) is 5.02. The van der Waals surface area contributed by atoms with Crippen molar-refractivity contribution >= 4 is 23.2 Å². The Labute approximate surface area is 177 Å².